The molecule has 0 aliphatic carbocycles. The molecular formula is C18H23N5O. The van der Waals surface area contributed by atoms with Gasteiger partial charge in [0.2, 0.25) is 5.91 Å². The molecule has 24 heavy (non-hydrogen) atoms. The molecule has 6 heteroatoms. The van der Waals surface area contributed by atoms with Gasteiger partial charge in [0.1, 0.15) is 17.6 Å². The van der Waals surface area contributed by atoms with Crippen LogP contribution < -0.4 is 4.90 Å². The lowest BCUT2D eigenvalue weighted by atomic mass is 10.2. The fourth-order valence-corrected chi connectivity index (χ4v) is 3.02. The maximum absolute atomic E-state index is 12.5. The minimum atomic E-state index is -0.142. The van der Waals surface area contributed by atoms with E-state index in [1.165, 1.54) is 0 Å². The van der Waals surface area contributed by atoms with Crippen molar-refractivity contribution in [1.29, 1.82) is 0 Å². The molecule has 1 saturated heterocycles. The lowest BCUT2D eigenvalue weighted by Gasteiger charge is -2.27. The quantitative estimate of drug-likeness (QED) is 0.862. The fourth-order valence-electron chi connectivity index (χ4n) is 3.02. The Hall–Kier alpha value is -2.50. The van der Waals surface area contributed by atoms with Crippen LogP contribution in [0.15, 0.2) is 30.5 Å². The highest BCUT2D eigenvalue weighted by atomic mass is 16.2. The number of pyridine rings is 1. The number of hydrogen-bond acceptors (Lipinski definition) is 5. The molecule has 0 aromatic carbocycles. The van der Waals surface area contributed by atoms with Gasteiger partial charge in [-0.1, -0.05) is 13.0 Å². The van der Waals surface area contributed by atoms with Crippen molar-refractivity contribution in [1.82, 2.24) is 19.9 Å². The highest BCUT2D eigenvalue weighted by Crippen LogP contribution is 2.27. The maximum atomic E-state index is 12.5. The fraction of sp³-hybridized carbons (Fsp3) is 0.444. The molecule has 0 radical (unpaired) electrons. The van der Waals surface area contributed by atoms with Crippen LogP contribution in [0.4, 0.5) is 5.82 Å². The second-order valence-corrected chi connectivity index (χ2v) is 6.19. The monoisotopic (exact) mass is 325 g/mol. The number of aromatic nitrogens is 3. The summed E-state index contributed by atoms with van der Waals surface area (Å²) in [5.74, 6) is 1.57. The Kier molecular flexibility index (Phi) is 4.74. The molecule has 1 amide bonds. The van der Waals surface area contributed by atoms with E-state index >= 15 is 0 Å². The first kappa shape index (κ1) is 16.4. The van der Waals surface area contributed by atoms with Gasteiger partial charge < -0.3 is 9.80 Å². The molecule has 0 bridgehead atoms. The molecule has 126 valence electrons. The Balaban J connectivity index is 1.99. The molecule has 1 atom stereocenters. The molecule has 0 N–H and O–H groups in total. The molecular weight excluding hydrogens is 302 g/mol. The van der Waals surface area contributed by atoms with E-state index in [9.17, 15) is 4.79 Å². The SMILES string of the molecule is CCc1cc(N2CCCC2C(=O)N(C)C)nc(-c2ccccn2)n1. The van der Waals surface area contributed by atoms with Gasteiger partial charge in [-0.05, 0) is 31.4 Å². The summed E-state index contributed by atoms with van der Waals surface area (Å²) in [6.45, 7) is 2.91. The Labute approximate surface area is 142 Å². The first-order valence-electron chi connectivity index (χ1n) is 8.37. The third-order valence-electron chi connectivity index (χ3n) is 4.29. The van der Waals surface area contributed by atoms with Crippen LogP contribution in [0.5, 0.6) is 0 Å². The molecule has 0 saturated carbocycles. The summed E-state index contributed by atoms with van der Waals surface area (Å²) in [4.78, 5) is 29.9. The molecule has 1 aliphatic heterocycles. The number of anilines is 1. The van der Waals surface area contributed by atoms with Gasteiger partial charge in [-0.3, -0.25) is 9.78 Å². The molecule has 0 spiro atoms. The first-order chi connectivity index (χ1) is 11.6. The van der Waals surface area contributed by atoms with Crippen molar-refractivity contribution in [3.63, 3.8) is 0 Å². The van der Waals surface area contributed by atoms with Crippen molar-refractivity contribution < 1.29 is 4.79 Å². The van der Waals surface area contributed by atoms with Crippen LogP contribution in [0, 0.1) is 0 Å². The molecule has 3 heterocycles. The van der Waals surface area contributed by atoms with Gasteiger partial charge in [0.15, 0.2) is 5.82 Å². The van der Waals surface area contributed by atoms with E-state index in [0.29, 0.717) is 5.82 Å². The van der Waals surface area contributed by atoms with E-state index in [0.717, 1.165) is 43.0 Å². The summed E-state index contributed by atoms with van der Waals surface area (Å²) in [5.41, 5.74) is 1.72. The van der Waals surface area contributed by atoms with Crippen molar-refractivity contribution in [3.05, 3.63) is 36.2 Å². The van der Waals surface area contributed by atoms with Gasteiger partial charge in [0.25, 0.3) is 0 Å². The van der Waals surface area contributed by atoms with E-state index in [2.05, 4.69) is 21.8 Å². The van der Waals surface area contributed by atoms with E-state index < -0.39 is 0 Å². The normalized spacial score (nSPS) is 17.1. The lowest BCUT2D eigenvalue weighted by molar-refractivity contribution is -0.129. The summed E-state index contributed by atoms with van der Waals surface area (Å²) in [5, 5.41) is 0. The molecule has 2 aromatic heterocycles. The zero-order valence-electron chi connectivity index (χ0n) is 14.4. The first-order valence-corrected chi connectivity index (χ1v) is 8.37. The molecule has 1 fully saturated rings. The smallest absolute Gasteiger partial charge is 0.244 e. The number of aryl methyl sites for hydroxylation is 1. The maximum Gasteiger partial charge on any atom is 0.244 e. The Morgan fingerprint density at radius 2 is 2.17 bits per heavy atom. The topological polar surface area (TPSA) is 62.2 Å². The Bertz CT molecular complexity index is 717. The highest BCUT2D eigenvalue weighted by molar-refractivity contribution is 5.85. The van der Waals surface area contributed by atoms with Crippen molar-refractivity contribution in [2.24, 2.45) is 0 Å². The number of carbonyl (C=O) groups is 1. The van der Waals surface area contributed by atoms with Gasteiger partial charge in [-0.25, -0.2) is 9.97 Å². The predicted molar refractivity (Wildman–Crippen MR) is 93.7 cm³/mol. The van der Waals surface area contributed by atoms with E-state index in [-0.39, 0.29) is 11.9 Å². The standard InChI is InChI=1S/C18H23N5O/c1-4-13-12-16(21-17(20-13)14-8-5-6-10-19-14)23-11-7-9-15(23)18(24)22(2)3/h5-6,8,10,12,15H,4,7,9,11H2,1-3H3. The molecule has 3 rings (SSSR count). The molecule has 1 unspecified atom stereocenters. The second-order valence-electron chi connectivity index (χ2n) is 6.19. The van der Waals surface area contributed by atoms with Gasteiger partial charge in [0.05, 0.1) is 0 Å². The van der Waals surface area contributed by atoms with Gasteiger partial charge in [0, 0.05) is 38.6 Å². The zero-order chi connectivity index (χ0) is 17.1. The average molecular weight is 325 g/mol. The van der Waals surface area contributed by atoms with Crippen molar-refractivity contribution in [2.75, 3.05) is 25.5 Å². The highest BCUT2D eigenvalue weighted by Gasteiger charge is 2.33. The number of amides is 1. The van der Waals surface area contributed by atoms with Crippen molar-refractivity contribution >= 4 is 11.7 Å². The summed E-state index contributed by atoms with van der Waals surface area (Å²) in [7, 11) is 3.60. The lowest BCUT2D eigenvalue weighted by Crippen LogP contribution is -2.43. The predicted octanol–water partition coefficient (Wildman–Crippen LogP) is 2.16. The number of nitrogens with zero attached hydrogens (tertiary/aromatic N) is 5. The van der Waals surface area contributed by atoms with E-state index in [4.69, 9.17) is 4.98 Å². The largest absolute Gasteiger partial charge is 0.347 e. The van der Waals surface area contributed by atoms with Crippen LogP contribution in [0.3, 0.4) is 0 Å². The molecule has 2 aromatic rings. The number of likely N-dealkylation sites (N-methyl/N-ethyl adjacent to an activating group) is 1. The van der Waals surface area contributed by atoms with Crippen LogP contribution in [0.2, 0.25) is 0 Å². The van der Waals surface area contributed by atoms with Gasteiger partial charge in [-0.2, -0.15) is 0 Å². The third kappa shape index (κ3) is 3.22. The van der Waals surface area contributed by atoms with Crippen LogP contribution in [0.1, 0.15) is 25.5 Å². The Morgan fingerprint density at radius 1 is 1.33 bits per heavy atom. The van der Waals surface area contributed by atoms with Gasteiger partial charge >= 0.3 is 0 Å². The summed E-state index contributed by atoms with van der Waals surface area (Å²) < 4.78 is 0. The number of carbonyl (C=O) groups excluding carboxylic acids is 1. The second kappa shape index (κ2) is 6.95. The van der Waals surface area contributed by atoms with Crippen molar-refractivity contribution in [3.8, 4) is 11.5 Å². The van der Waals surface area contributed by atoms with Crippen LogP contribution in [0.25, 0.3) is 11.5 Å². The summed E-state index contributed by atoms with van der Waals surface area (Å²) in [6.07, 6.45) is 4.41. The zero-order valence-corrected chi connectivity index (χ0v) is 14.4. The minimum absolute atomic E-state index is 0.128. The van der Waals surface area contributed by atoms with Crippen LogP contribution >= 0.6 is 0 Å². The number of rotatable bonds is 4. The molecule has 1 aliphatic rings. The number of hydrogen-bond donors (Lipinski definition) is 0. The summed E-state index contributed by atoms with van der Waals surface area (Å²) in [6, 6.07) is 7.56. The van der Waals surface area contributed by atoms with E-state index in [1.54, 1.807) is 25.2 Å². The van der Waals surface area contributed by atoms with Gasteiger partial charge in [-0.15, -0.1) is 0 Å². The van der Waals surface area contributed by atoms with Crippen LogP contribution in [-0.2, 0) is 11.2 Å². The minimum Gasteiger partial charge on any atom is -0.347 e. The summed E-state index contributed by atoms with van der Waals surface area (Å²) >= 11 is 0. The van der Waals surface area contributed by atoms with E-state index in [1.807, 2.05) is 24.3 Å². The average Bonchev–Trinajstić information content (AvgIpc) is 3.11. The third-order valence-corrected chi connectivity index (χ3v) is 4.29. The van der Waals surface area contributed by atoms with Crippen molar-refractivity contribution in [2.45, 2.75) is 32.2 Å². The molecule has 6 nitrogen and oxygen atoms in total. The van der Waals surface area contributed by atoms with Crippen LogP contribution in [-0.4, -0.2) is 52.4 Å². The Morgan fingerprint density at radius 3 is 2.83 bits per heavy atom.